The summed E-state index contributed by atoms with van der Waals surface area (Å²) in [4.78, 5) is 17.8. The van der Waals surface area contributed by atoms with Crippen molar-refractivity contribution in [2.75, 3.05) is 0 Å². The molecule has 0 aliphatic rings. The van der Waals surface area contributed by atoms with Gasteiger partial charge < -0.3 is 58.1 Å². The summed E-state index contributed by atoms with van der Waals surface area (Å²) in [6, 6.07) is 0. The van der Waals surface area contributed by atoms with Crippen molar-refractivity contribution in [3.8, 4) is 0 Å². The summed E-state index contributed by atoms with van der Waals surface area (Å²) in [6.45, 7) is 1.94. The maximum Gasteiger partial charge on any atom is 2.00 e. The Kier molecular flexibility index (Phi) is 653. The minimum absolute atomic E-state index is 0. The molecule has 0 aliphatic heterocycles. The van der Waals surface area contributed by atoms with Gasteiger partial charge in [0.2, 0.25) is 0 Å². The van der Waals surface area contributed by atoms with Crippen LogP contribution in [0.25, 0.3) is 0 Å². The number of hydrogen-bond acceptors (Lipinski definition) is 4. The molecule has 0 saturated heterocycles. The summed E-state index contributed by atoms with van der Waals surface area (Å²) in [5.41, 5.74) is 0. The van der Waals surface area contributed by atoms with E-state index in [4.69, 9.17) is 19.8 Å². The van der Waals surface area contributed by atoms with Gasteiger partial charge in [0.25, 0.3) is 0 Å². The Morgan fingerprint density at radius 3 is 0.625 bits per heavy atom. The van der Waals surface area contributed by atoms with Crippen LogP contribution in [0.5, 0.6) is 0 Å². The van der Waals surface area contributed by atoms with E-state index in [2.05, 4.69) is 0 Å². The minimum atomic E-state index is -1.08. The quantitative estimate of drug-likeness (QED) is 0.393. The average Bonchev–Trinajstić information content (AvgIpc) is 1.25. The van der Waals surface area contributed by atoms with Crippen molar-refractivity contribution < 1.29 is 75.2 Å². The molecule has 0 aromatic carbocycles. The van der Waals surface area contributed by atoms with Crippen molar-refractivity contribution in [1.29, 1.82) is 0 Å². The van der Waals surface area contributed by atoms with Crippen LogP contribution in [-0.2, 0) is 26.7 Å². The second kappa shape index (κ2) is 91.8. The molecule has 0 spiro atoms. The molecule has 0 amide bonds. The van der Waals surface area contributed by atoms with Crippen molar-refractivity contribution in [3.63, 3.8) is 0 Å². The minimum Gasteiger partial charge on any atom is -0.550 e. The first-order valence-electron chi connectivity index (χ1n) is 1.82. The molecule has 0 aliphatic carbocycles. The number of aliphatic carboxylic acids is 2. The van der Waals surface area contributed by atoms with E-state index in [0.717, 1.165) is 13.8 Å². The fourth-order valence-corrected chi connectivity index (χ4v) is 0. The smallest absolute Gasteiger partial charge is 0.550 e. The fourth-order valence-electron chi connectivity index (χ4n) is 0. The van der Waals surface area contributed by atoms with Gasteiger partial charge in [-0.1, -0.05) is 0 Å². The van der Waals surface area contributed by atoms with E-state index in [1.165, 1.54) is 0 Å². The number of rotatable bonds is 0. The van der Waals surface area contributed by atoms with Gasteiger partial charge in [0, 0.05) is 11.9 Å². The predicted molar refractivity (Wildman–Crippen MR) is 46.7 cm³/mol. The largest absolute Gasteiger partial charge is 2.00 e. The van der Waals surface area contributed by atoms with Crippen LogP contribution < -0.4 is 10.2 Å². The molecule has 12 heteroatoms. The van der Waals surface area contributed by atoms with Gasteiger partial charge in [0.05, 0.1) is 0 Å². The SMILES string of the molecule is CC(=O)[O-].CC(=O)[O-].O.O.O.O.O.O.O.[Fe+2]. The molecular weight excluding hydrogens is 280 g/mol. The molecule has 0 bridgehead atoms. The molecule has 0 atom stereocenters. The monoisotopic (exact) mass is 300 g/mol. The molecule has 0 rings (SSSR count). The number of carbonyl (C=O) groups is 2. The van der Waals surface area contributed by atoms with Crippen molar-refractivity contribution in [1.82, 2.24) is 0 Å². The Balaban J connectivity index is -0.00000000375. The summed E-state index contributed by atoms with van der Waals surface area (Å²) < 4.78 is 0. The molecule has 0 aromatic heterocycles. The van der Waals surface area contributed by atoms with E-state index in [9.17, 15) is 0 Å². The predicted octanol–water partition coefficient (Wildman–Crippen LogP) is -8.26. The van der Waals surface area contributed by atoms with Gasteiger partial charge in [0.15, 0.2) is 0 Å². The topological polar surface area (TPSA) is 301 Å². The van der Waals surface area contributed by atoms with Gasteiger partial charge in [-0.2, -0.15) is 0 Å². The maximum absolute atomic E-state index is 8.89. The van der Waals surface area contributed by atoms with E-state index < -0.39 is 11.9 Å². The molecule has 0 fully saturated rings. The summed E-state index contributed by atoms with van der Waals surface area (Å²) >= 11 is 0. The molecule has 0 aromatic rings. The third kappa shape index (κ3) is 2900. The molecule has 0 unspecified atom stereocenters. The van der Waals surface area contributed by atoms with E-state index in [1.54, 1.807) is 0 Å². The van der Waals surface area contributed by atoms with Crippen molar-refractivity contribution in [2.45, 2.75) is 13.8 Å². The summed E-state index contributed by atoms with van der Waals surface area (Å²) in [5, 5.41) is 17.8. The zero-order chi connectivity index (χ0) is 7.15. The molecule has 16 heavy (non-hydrogen) atoms. The Morgan fingerprint density at radius 1 is 0.625 bits per heavy atom. The van der Waals surface area contributed by atoms with E-state index in [-0.39, 0.29) is 55.4 Å². The number of hydrogen-bond donors (Lipinski definition) is 0. The first kappa shape index (κ1) is 114. The zero-order valence-electron chi connectivity index (χ0n) is 8.49. The van der Waals surface area contributed by atoms with Gasteiger partial charge in [-0.05, 0) is 13.8 Å². The summed E-state index contributed by atoms with van der Waals surface area (Å²) in [6.07, 6.45) is 0. The first-order valence-corrected chi connectivity index (χ1v) is 1.82. The Bertz CT molecular complexity index is 76.0. The van der Waals surface area contributed by atoms with Crippen LogP contribution in [-0.4, -0.2) is 50.3 Å². The normalized spacial score (nSPS) is 3.12. The molecule has 0 saturated carbocycles. The second-order valence-corrected chi connectivity index (χ2v) is 0.983. The maximum atomic E-state index is 8.89. The number of carboxylic acids is 2. The van der Waals surface area contributed by atoms with E-state index >= 15 is 0 Å². The average molecular weight is 300 g/mol. The van der Waals surface area contributed by atoms with Gasteiger partial charge in [0.1, 0.15) is 0 Å². The fraction of sp³-hybridized carbons (Fsp3) is 0.500. The number of carbonyl (C=O) groups excluding carboxylic acids is 2. The van der Waals surface area contributed by atoms with Crippen LogP contribution in [0.4, 0.5) is 0 Å². The van der Waals surface area contributed by atoms with E-state index in [0.29, 0.717) is 0 Å². The van der Waals surface area contributed by atoms with Gasteiger partial charge in [-0.3, -0.25) is 0 Å². The summed E-state index contributed by atoms with van der Waals surface area (Å²) in [5.74, 6) is -2.17. The number of carboxylic acid groups (broad SMARTS) is 2. The molecule has 0 radical (unpaired) electrons. The molecule has 0 heterocycles. The van der Waals surface area contributed by atoms with Crippen LogP contribution in [0.3, 0.4) is 0 Å². The molecule has 14 N–H and O–H groups in total. The Hall–Kier alpha value is -0.821. The van der Waals surface area contributed by atoms with Crippen molar-refractivity contribution in [2.24, 2.45) is 0 Å². The molecule has 11 nitrogen and oxygen atoms in total. The standard InChI is InChI=1S/2C2H4O2.Fe.7H2O/c2*1-2(3)4;;;;;;;;/h2*1H3,(H,3,4);;7*1H2/q;;+2;;;;;;;/p-2. The third-order valence-corrected chi connectivity index (χ3v) is 0. The van der Waals surface area contributed by atoms with Crippen LogP contribution in [0.2, 0.25) is 0 Å². The van der Waals surface area contributed by atoms with Crippen LogP contribution in [0, 0.1) is 0 Å². The van der Waals surface area contributed by atoms with Gasteiger partial charge in [-0.15, -0.1) is 0 Å². The van der Waals surface area contributed by atoms with Crippen LogP contribution in [0.15, 0.2) is 0 Å². The van der Waals surface area contributed by atoms with Crippen LogP contribution in [0.1, 0.15) is 13.8 Å². The third-order valence-electron chi connectivity index (χ3n) is 0. The molecule has 110 valence electrons. The van der Waals surface area contributed by atoms with Crippen molar-refractivity contribution >= 4 is 11.9 Å². The Morgan fingerprint density at radius 2 is 0.625 bits per heavy atom. The van der Waals surface area contributed by atoms with Gasteiger partial charge in [-0.25, -0.2) is 0 Å². The van der Waals surface area contributed by atoms with Crippen LogP contribution >= 0.6 is 0 Å². The second-order valence-electron chi connectivity index (χ2n) is 0.983. The van der Waals surface area contributed by atoms with E-state index in [1.807, 2.05) is 0 Å². The van der Waals surface area contributed by atoms with Crippen molar-refractivity contribution in [3.05, 3.63) is 0 Å². The molecular formula is C4H20FeO11. The Labute approximate surface area is 102 Å². The summed E-state index contributed by atoms with van der Waals surface area (Å²) in [7, 11) is 0. The first-order chi connectivity index (χ1) is 3.46. The zero-order valence-corrected chi connectivity index (χ0v) is 9.59. The van der Waals surface area contributed by atoms with Gasteiger partial charge >= 0.3 is 17.1 Å².